The minimum atomic E-state index is -0.514. The number of carbonyl (C=O) groups excluding carboxylic acids is 2. The Kier molecular flexibility index (Phi) is 5.95. The lowest BCUT2D eigenvalue weighted by molar-refractivity contribution is -0.138. The van der Waals surface area contributed by atoms with E-state index in [0.29, 0.717) is 31.9 Å². The van der Waals surface area contributed by atoms with Crippen molar-refractivity contribution in [2.75, 3.05) is 20.1 Å². The van der Waals surface area contributed by atoms with Gasteiger partial charge in [0.1, 0.15) is 11.5 Å². The first-order valence-electron chi connectivity index (χ1n) is 9.21. The summed E-state index contributed by atoms with van der Waals surface area (Å²) < 4.78 is 10.9. The van der Waals surface area contributed by atoms with Crippen LogP contribution in [0.15, 0.2) is 27.1 Å². The lowest BCUT2D eigenvalue weighted by atomic mass is 10.1. The van der Waals surface area contributed by atoms with Gasteiger partial charge in [-0.2, -0.15) is 0 Å². The molecule has 1 atom stereocenters. The average Bonchev–Trinajstić information content (AvgIpc) is 3.26. The van der Waals surface area contributed by atoms with E-state index in [1.165, 1.54) is 0 Å². The number of nitrogens with zero attached hydrogens (tertiary/aromatic N) is 3. The smallest absolute Gasteiger partial charge is 0.237 e. The van der Waals surface area contributed by atoms with Gasteiger partial charge in [-0.3, -0.25) is 14.5 Å². The molecule has 8 heteroatoms. The highest BCUT2D eigenvalue weighted by Crippen LogP contribution is 2.17. The van der Waals surface area contributed by atoms with Crippen molar-refractivity contribution in [3.8, 4) is 0 Å². The number of nitrogens with one attached hydrogen (secondary N) is 1. The topological polar surface area (TPSA) is 91.8 Å². The van der Waals surface area contributed by atoms with E-state index < -0.39 is 6.04 Å². The molecule has 0 spiro atoms. The quantitative estimate of drug-likeness (QED) is 0.789. The standard InChI is InChI=1S/C19H26N4O4/c1-4-14-9-16(27-21-14)11-22(3)18(24)10-17-19(25)20-7-8-23(17)12-15-6-5-13(2)26-15/h5-6,9,17H,4,7-8,10-12H2,1-3H3,(H,20,25)/t17-/m1/s1. The molecule has 0 radical (unpaired) electrons. The molecule has 8 nitrogen and oxygen atoms in total. The number of aromatic nitrogens is 1. The second-order valence-electron chi connectivity index (χ2n) is 6.88. The van der Waals surface area contributed by atoms with Crippen LogP contribution in [0.3, 0.4) is 0 Å². The van der Waals surface area contributed by atoms with Crippen molar-refractivity contribution in [2.24, 2.45) is 0 Å². The van der Waals surface area contributed by atoms with Crippen molar-refractivity contribution in [1.82, 2.24) is 20.3 Å². The molecular formula is C19H26N4O4. The summed E-state index contributed by atoms with van der Waals surface area (Å²) in [5, 5.41) is 6.79. The molecule has 3 heterocycles. The largest absolute Gasteiger partial charge is 0.465 e. The van der Waals surface area contributed by atoms with Gasteiger partial charge in [0.25, 0.3) is 0 Å². The molecule has 146 valence electrons. The van der Waals surface area contributed by atoms with Gasteiger partial charge in [-0.15, -0.1) is 0 Å². The molecule has 0 saturated carbocycles. The highest BCUT2D eigenvalue weighted by Gasteiger charge is 2.33. The zero-order chi connectivity index (χ0) is 19.4. The van der Waals surface area contributed by atoms with E-state index in [1.807, 2.05) is 36.9 Å². The maximum Gasteiger partial charge on any atom is 0.237 e. The predicted octanol–water partition coefficient (Wildman–Crippen LogP) is 1.49. The summed E-state index contributed by atoms with van der Waals surface area (Å²) in [5.74, 6) is 2.02. The lowest BCUT2D eigenvalue weighted by Gasteiger charge is -2.34. The molecule has 1 fully saturated rings. The molecule has 0 aliphatic carbocycles. The van der Waals surface area contributed by atoms with Crippen LogP contribution in [0.1, 0.15) is 36.3 Å². The molecule has 2 aromatic heterocycles. The van der Waals surface area contributed by atoms with Crippen molar-refractivity contribution < 1.29 is 18.5 Å². The summed E-state index contributed by atoms with van der Waals surface area (Å²) in [4.78, 5) is 28.6. The molecule has 1 saturated heterocycles. The summed E-state index contributed by atoms with van der Waals surface area (Å²) >= 11 is 0. The van der Waals surface area contributed by atoms with Gasteiger partial charge in [0.2, 0.25) is 11.8 Å². The third-order valence-electron chi connectivity index (χ3n) is 4.75. The fourth-order valence-corrected chi connectivity index (χ4v) is 3.18. The fourth-order valence-electron chi connectivity index (χ4n) is 3.18. The van der Waals surface area contributed by atoms with Crippen molar-refractivity contribution in [3.05, 3.63) is 41.2 Å². The van der Waals surface area contributed by atoms with Gasteiger partial charge in [0.15, 0.2) is 5.76 Å². The Morgan fingerprint density at radius 3 is 2.89 bits per heavy atom. The molecule has 27 heavy (non-hydrogen) atoms. The molecule has 1 aliphatic heterocycles. The van der Waals surface area contributed by atoms with Crippen LogP contribution < -0.4 is 5.32 Å². The van der Waals surface area contributed by atoms with E-state index in [9.17, 15) is 9.59 Å². The van der Waals surface area contributed by atoms with Crippen molar-refractivity contribution in [2.45, 2.75) is 45.8 Å². The molecule has 0 unspecified atom stereocenters. The van der Waals surface area contributed by atoms with E-state index in [-0.39, 0.29) is 18.2 Å². The minimum absolute atomic E-state index is 0.108. The number of hydrogen-bond donors (Lipinski definition) is 1. The lowest BCUT2D eigenvalue weighted by Crippen LogP contribution is -2.56. The normalized spacial score (nSPS) is 17.7. The number of amides is 2. The van der Waals surface area contributed by atoms with Gasteiger partial charge < -0.3 is 19.2 Å². The molecule has 2 aromatic rings. The Labute approximate surface area is 158 Å². The van der Waals surface area contributed by atoms with Gasteiger partial charge in [-0.25, -0.2) is 0 Å². The van der Waals surface area contributed by atoms with E-state index >= 15 is 0 Å². The monoisotopic (exact) mass is 374 g/mol. The van der Waals surface area contributed by atoms with E-state index in [4.69, 9.17) is 8.94 Å². The van der Waals surface area contributed by atoms with Crippen LogP contribution in [0.4, 0.5) is 0 Å². The Morgan fingerprint density at radius 2 is 2.22 bits per heavy atom. The van der Waals surface area contributed by atoms with Gasteiger partial charge in [0.05, 0.1) is 31.2 Å². The molecular weight excluding hydrogens is 348 g/mol. The number of aryl methyl sites for hydroxylation is 2. The van der Waals surface area contributed by atoms with Crippen LogP contribution in [0.5, 0.6) is 0 Å². The Morgan fingerprint density at radius 1 is 1.41 bits per heavy atom. The molecule has 0 bridgehead atoms. The van der Waals surface area contributed by atoms with Crippen molar-refractivity contribution in [1.29, 1.82) is 0 Å². The van der Waals surface area contributed by atoms with Crippen LogP contribution in [0.2, 0.25) is 0 Å². The third-order valence-corrected chi connectivity index (χ3v) is 4.75. The second-order valence-corrected chi connectivity index (χ2v) is 6.88. The second kappa shape index (κ2) is 8.39. The van der Waals surface area contributed by atoms with Crippen LogP contribution in [0, 0.1) is 6.92 Å². The zero-order valence-electron chi connectivity index (χ0n) is 16.0. The molecule has 1 N–H and O–H groups in total. The Hall–Kier alpha value is -2.61. The van der Waals surface area contributed by atoms with Crippen molar-refractivity contribution >= 4 is 11.8 Å². The Balaban J connectivity index is 1.62. The fraction of sp³-hybridized carbons (Fsp3) is 0.526. The SMILES string of the molecule is CCc1cc(CN(C)C(=O)C[C@@H]2C(=O)NCCN2Cc2ccc(C)o2)on1. The summed E-state index contributed by atoms with van der Waals surface area (Å²) in [6.45, 7) is 5.96. The van der Waals surface area contributed by atoms with Gasteiger partial charge >= 0.3 is 0 Å². The summed E-state index contributed by atoms with van der Waals surface area (Å²) in [7, 11) is 1.71. The van der Waals surface area contributed by atoms with Gasteiger partial charge in [-0.1, -0.05) is 12.1 Å². The highest BCUT2D eigenvalue weighted by atomic mass is 16.5. The number of piperazine rings is 1. The van der Waals surface area contributed by atoms with Gasteiger partial charge in [0, 0.05) is 26.2 Å². The summed E-state index contributed by atoms with van der Waals surface area (Å²) in [5.41, 5.74) is 0.859. The van der Waals surface area contributed by atoms with E-state index in [0.717, 1.165) is 23.6 Å². The van der Waals surface area contributed by atoms with E-state index in [2.05, 4.69) is 10.5 Å². The third kappa shape index (κ3) is 4.77. The minimum Gasteiger partial charge on any atom is -0.465 e. The first-order chi connectivity index (χ1) is 13.0. The maximum atomic E-state index is 12.7. The average molecular weight is 374 g/mol. The first kappa shape index (κ1) is 19.2. The maximum absolute atomic E-state index is 12.7. The zero-order valence-corrected chi connectivity index (χ0v) is 16.0. The van der Waals surface area contributed by atoms with Gasteiger partial charge in [-0.05, 0) is 25.5 Å². The van der Waals surface area contributed by atoms with Crippen LogP contribution in [-0.2, 0) is 29.1 Å². The first-order valence-corrected chi connectivity index (χ1v) is 9.21. The molecule has 2 amide bonds. The van der Waals surface area contributed by atoms with Crippen LogP contribution >= 0.6 is 0 Å². The molecule has 3 rings (SSSR count). The Bertz CT molecular complexity index is 797. The van der Waals surface area contributed by atoms with Crippen LogP contribution in [0.25, 0.3) is 0 Å². The van der Waals surface area contributed by atoms with E-state index in [1.54, 1.807) is 11.9 Å². The summed E-state index contributed by atoms with van der Waals surface area (Å²) in [6.07, 6.45) is 0.890. The number of hydrogen-bond acceptors (Lipinski definition) is 6. The molecule has 1 aliphatic rings. The summed E-state index contributed by atoms with van der Waals surface area (Å²) in [6, 6.07) is 5.14. The molecule has 0 aromatic carbocycles. The number of rotatable bonds is 7. The number of carbonyl (C=O) groups is 2. The highest BCUT2D eigenvalue weighted by molar-refractivity contribution is 5.88. The number of furan rings is 1. The predicted molar refractivity (Wildman–Crippen MR) is 97.6 cm³/mol. The van der Waals surface area contributed by atoms with Crippen LogP contribution in [-0.4, -0.2) is 52.9 Å². The van der Waals surface area contributed by atoms with Crippen molar-refractivity contribution in [3.63, 3.8) is 0 Å².